The summed E-state index contributed by atoms with van der Waals surface area (Å²) < 4.78 is 0. The summed E-state index contributed by atoms with van der Waals surface area (Å²) in [4.78, 5) is 4.77. The molecule has 4 rings (SSSR count). The number of hydrogen-bond acceptors (Lipinski definition) is 1. The molecule has 1 heteroatoms. The van der Waals surface area contributed by atoms with E-state index in [0.717, 1.165) is 17.7 Å². The van der Waals surface area contributed by atoms with Gasteiger partial charge in [0, 0.05) is 17.1 Å². The quantitative estimate of drug-likeness (QED) is 0.439. The standard InChI is InChI=1S/C24H19N/c1-3-10-19(11-4-1)12-9-17-23-22-16-8-7-15-21(22)18-25-24(23)20-13-5-2-6-14-20/h1-16,18H,17H2/b12-9+. The lowest BCUT2D eigenvalue weighted by atomic mass is 9.97. The highest BCUT2D eigenvalue weighted by atomic mass is 14.7. The number of hydrogen-bond donors (Lipinski definition) is 0. The predicted molar refractivity (Wildman–Crippen MR) is 106 cm³/mol. The zero-order chi connectivity index (χ0) is 16.9. The van der Waals surface area contributed by atoms with Crippen LogP contribution in [-0.4, -0.2) is 4.98 Å². The molecule has 0 atom stereocenters. The van der Waals surface area contributed by atoms with Crippen LogP contribution in [-0.2, 0) is 6.42 Å². The van der Waals surface area contributed by atoms with Crippen molar-refractivity contribution in [3.8, 4) is 11.3 Å². The van der Waals surface area contributed by atoms with Gasteiger partial charge >= 0.3 is 0 Å². The van der Waals surface area contributed by atoms with Crippen molar-refractivity contribution in [1.29, 1.82) is 0 Å². The molecule has 0 aliphatic carbocycles. The number of allylic oxidation sites excluding steroid dienone is 1. The Morgan fingerprint density at radius 1 is 0.720 bits per heavy atom. The monoisotopic (exact) mass is 321 g/mol. The van der Waals surface area contributed by atoms with Gasteiger partial charge in [0.25, 0.3) is 0 Å². The topological polar surface area (TPSA) is 12.9 Å². The molecule has 0 unspecified atom stereocenters. The highest BCUT2D eigenvalue weighted by Crippen LogP contribution is 2.28. The smallest absolute Gasteiger partial charge is 0.0743 e. The maximum atomic E-state index is 4.77. The van der Waals surface area contributed by atoms with Crippen molar-refractivity contribution in [2.24, 2.45) is 0 Å². The van der Waals surface area contributed by atoms with E-state index in [1.165, 1.54) is 21.9 Å². The average molecular weight is 321 g/mol. The molecular formula is C24H19N. The van der Waals surface area contributed by atoms with Crippen molar-refractivity contribution in [1.82, 2.24) is 4.98 Å². The van der Waals surface area contributed by atoms with E-state index in [2.05, 4.69) is 84.9 Å². The van der Waals surface area contributed by atoms with Gasteiger partial charge in [0.2, 0.25) is 0 Å². The van der Waals surface area contributed by atoms with E-state index in [1.54, 1.807) is 0 Å². The number of rotatable bonds is 4. The first-order chi connectivity index (χ1) is 12.4. The first-order valence-electron chi connectivity index (χ1n) is 8.55. The molecule has 0 aliphatic rings. The minimum atomic E-state index is 0.855. The summed E-state index contributed by atoms with van der Waals surface area (Å²) in [7, 11) is 0. The fraction of sp³-hybridized carbons (Fsp3) is 0.0417. The predicted octanol–water partition coefficient (Wildman–Crippen LogP) is 6.16. The molecule has 0 radical (unpaired) electrons. The van der Waals surface area contributed by atoms with E-state index in [1.807, 2.05) is 18.3 Å². The van der Waals surface area contributed by atoms with Gasteiger partial charge in [-0.15, -0.1) is 0 Å². The molecule has 0 aliphatic heterocycles. The average Bonchev–Trinajstić information content (AvgIpc) is 2.69. The summed E-state index contributed by atoms with van der Waals surface area (Å²) in [6, 6.07) is 29.3. The van der Waals surface area contributed by atoms with Crippen molar-refractivity contribution < 1.29 is 0 Å². The van der Waals surface area contributed by atoms with Gasteiger partial charge < -0.3 is 0 Å². The minimum Gasteiger partial charge on any atom is -0.255 e. The van der Waals surface area contributed by atoms with Crippen LogP contribution in [0.2, 0.25) is 0 Å². The third-order valence-electron chi connectivity index (χ3n) is 4.38. The van der Waals surface area contributed by atoms with E-state index < -0.39 is 0 Å². The summed E-state index contributed by atoms with van der Waals surface area (Å²) in [6.45, 7) is 0. The minimum absolute atomic E-state index is 0.855. The Kier molecular flexibility index (Phi) is 4.38. The Hall–Kier alpha value is -3.19. The van der Waals surface area contributed by atoms with Crippen molar-refractivity contribution in [3.63, 3.8) is 0 Å². The van der Waals surface area contributed by atoms with Gasteiger partial charge in [-0.25, -0.2) is 0 Å². The van der Waals surface area contributed by atoms with E-state index in [9.17, 15) is 0 Å². The molecule has 0 bridgehead atoms. The SMILES string of the molecule is C(=C\c1ccccc1)/Cc1c(-c2ccccc2)ncc2ccccc12. The molecule has 3 aromatic carbocycles. The molecular weight excluding hydrogens is 302 g/mol. The number of aromatic nitrogens is 1. The number of nitrogens with zero attached hydrogens (tertiary/aromatic N) is 1. The van der Waals surface area contributed by atoms with Crippen LogP contribution in [0.4, 0.5) is 0 Å². The second kappa shape index (κ2) is 7.14. The molecule has 4 aromatic rings. The molecule has 0 saturated heterocycles. The van der Waals surface area contributed by atoms with Crippen LogP contribution in [0.5, 0.6) is 0 Å². The van der Waals surface area contributed by atoms with Gasteiger partial charge in [-0.1, -0.05) is 97.1 Å². The van der Waals surface area contributed by atoms with E-state index >= 15 is 0 Å². The summed E-state index contributed by atoms with van der Waals surface area (Å²) >= 11 is 0. The molecule has 120 valence electrons. The van der Waals surface area contributed by atoms with Gasteiger partial charge in [-0.2, -0.15) is 0 Å². The molecule has 0 N–H and O–H groups in total. The first kappa shape index (κ1) is 15.3. The van der Waals surface area contributed by atoms with Gasteiger partial charge in [0.05, 0.1) is 5.69 Å². The second-order valence-electron chi connectivity index (χ2n) is 6.06. The molecule has 1 aromatic heterocycles. The van der Waals surface area contributed by atoms with E-state index in [-0.39, 0.29) is 0 Å². The molecule has 0 spiro atoms. The van der Waals surface area contributed by atoms with Crippen molar-refractivity contribution in [2.45, 2.75) is 6.42 Å². The maximum Gasteiger partial charge on any atom is 0.0743 e. The summed E-state index contributed by atoms with van der Waals surface area (Å²) in [5, 5.41) is 2.46. The molecule has 25 heavy (non-hydrogen) atoms. The largest absolute Gasteiger partial charge is 0.255 e. The molecule has 0 saturated carbocycles. The fourth-order valence-corrected chi connectivity index (χ4v) is 3.15. The Bertz CT molecular complexity index is 1000. The molecule has 0 amide bonds. The van der Waals surface area contributed by atoms with Crippen molar-refractivity contribution in [2.75, 3.05) is 0 Å². The summed E-state index contributed by atoms with van der Waals surface area (Å²) in [5.41, 5.74) is 4.72. The van der Waals surface area contributed by atoms with Gasteiger partial charge in [0.15, 0.2) is 0 Å². The lowest BCUT2D eigenvalue weighted by Gasteiger charge is -2.11. The zero-order valence-electron chi connectivity index (χ0n) is 14.0. The molecule has 0 fully saturated rings. The van der Waals surface area contributed by atoms with Crippen LogP contribution in [0.25, 0.3) is 28.1 Å². The highest BCUT2D eigenvalue weighted by molar-refractivity contribution is 5.90. The fourth-order valence-electron chi connectivity index (χ4n) is 3.15. The van der Waals surface area contributed by atoms with Gasteiger partial charge in [-0.3, -0.25) is 4.98 Å². The summed E-state index contributed by atoms with van der Waals surface area (Å²) in [5.74, 6) is 0. The normalized spacial score (nSPS) is 11.2. The molecule has 1 heterocycles. The number of fused-ring (bicyclic) bond motifs is 1. The maximum absolute atomic E-state index is 4.77. The van der Waals surface area contributed by atoms with E-state index in [4.69, 9.17) is 4.98 Å². The first-order valence-corrected chi connectivity index (χ1v) is 8.55. The van der Waals surface area contributed by atoms with E-state index in [0.29, 0.717) is 0 Å². The molecule has 1 nitrogen and oxygen atoms in total. The Labute approximate surface area is 148 Å². The van der Waals surface area contributed by atoms with Crippen molar-refractivity contribution >= 4 is 16.8 Å². The summed E-state index contributed by atoms with van der Waals surface area (Å²) in [6.07, 6.45) is 7.23. The van der Waals surface area contributed by atoms with Crippen LogP contribution in [0.3, 0.4) is 0 Å². The zero-order valence-corrected chi connectivity index (χ0v) is 14.0. The third kappa shape index (κ3) is 3.36. The number of benzene rings is 3. The highest BCUT2D eigenvalue weighted by Gasteiger charge is 2.09. The van der Waals surface area contributed by atoms with Crippen LogP contribution < -0.4 is 0 Å². The number of pyridine rings is 1. The second-order valence-corrected chi connectivity index (χ2v) is 6.06. The van der Waals surface area contributed by atoms with Gasteiger partial charge in [0.1, 0.15) is 0 Å². The Balaban J connectivity index is 1.78. The van der Waals surface area contributed by atoms with Crippen LogP contribution in [0, 0.1) is 0 Å². The van der Waals surface area contributed by atoms with Crippen LogP contribution >= 0.6 is 0 Å². The lowest BCUT2D eigenvalue weighted by Crippen LogP contribution is -1.94. The van der Waals surface area contributed by atoms with Crippen LogP contribution in [0.1, 0.15) is 11.1 Å². The third-order valence-corrected chi connectivity index (χ3v) is 4.38. The van der Waals surface area contributed by atoms with Crippen LogP contribution in [0.15, 0.2) is 97.2 Å². The van der Waals surface area contributed by atoms with Gasteiger partial charge in [-0.05, 0) is 22.9 Å². The van der Waals surface area contributed by atoms with Crippen molar-refractivity contribution in [3.05, 3.63) is 108 Å². The lowest BCUT2D eigenvalue weighted by molar-refractivity contribution is 1.23. The Morgan fingerprint density at radius 2 is 1.40 bits per heavy atom. The Morgan fingerprint density at radius 3 is 2.20 bits per heavy atom.